The van der Waals surface area contributed by atoms with Gasteiger partial charge in [-0.25, -0.2) is 9.97 Å². The van der Waals surface area contributed by atoms with E-state index < -0.39 is 0 Å². The number of aromatic nitrogens is 2. The van der Waals surface area contributed by atoms with Gasteiger partial charge >= 0.3 is 0 Å². The van der Waals surface area contributed by atoms with E-state index in [0.717, 1.165) is 21.6 Å². The molecule has 0 radical (unpaired) electrons. The average molecular weight is 369 g/mol. The third kappa shape index (κ3) is 3.85. The van der Waals surface area contributed by atoms with E-state index in [-0.39, 0.29) is 18.0 Å². The SMILES string of the molecule is Cc1c(-c2ccccc2)sc2ncnc(N(C)CC(=O)NC(C)(C)C)c12. The lowest BCUT2D eigenvalue weighted by molar-refractivity contribution is -0.121. The fraction of sp³-hybridized carbons (Fsp3) is 0.350. The van der Waals surface area contributed by atoms with E-state index in [1.54, 1.807) is 17.7 Å². The number of amides is 1. The molecule has 0 bridgehead atoms. The number of carbonyl (C=O) groups excluding carboxylic acids is 1. The maximum absolute atomic E-state index is 12.3. The van der Waals surface area contributed by atoms with Crippen molar-refractivity contribution < 1.29 is 4.79 Å². The summed E-state index contributed by atoms with van der Waals surface area (Å²) in [5, 5.41) is 4.01. The van der Waals surface area contributed by atoms with Crippen LogP contribution >= 0.6 is 11.3 Å². The van der Waals surface area contributed by atoms with Gasteiger partial charge in [0.05, 0.1) is 11.9 Å². The quantitative estimate of drug-likeness (QED) is 0.756. The van der Waals surface area contributed by atoms with Crippen molar-refractivity contribution in [2.24, 2.45) is 0 Å². The average Bonchev–Trinajstić information content (AvgIpc) is 2.91. The van der Waals surface area contributed by atoms with E-state index in [1.165, 1.54) is 10.4 Å². The summed E-state index contributed by atoms with van der Waals surface area (Å²) in [6.07, 6.45) is 1.57. The number of nitrogens with one attached hydrogen (secondary N) is 1. The van der Waals surface area contributed by atoms with Gasteiger partial charge in [-0.3, -0.25) is 4.79 Å². The van der Waals surface area contributed by atoms with Crippen LogP contribution in [0.1, 0.15) is 26.3 Å². The van der Waals surface area contributed by atoms with Gasteiger partial charge in [0.2, 0.25) is 5.91 Å². The third-order valence-electron chi connectivity index (χ3n) is 4.00. The number of fused-ring (bicyclic) bond motifs is 1. The molecule has 0 saturated carbocycles. The fourth-order valence-electron chi connectivity index (χ4n) is 2.96. The molecule has 5 nitrogen and oxygen atoms in total. The summed E-state index contributed by atoms with van der Waals surface area (Å²) in [4.78, 5) is 25.2. The summed E-state index contributed by atoms with van der Waals surface area (Å²) in [5.74, 6) is 0.762. The molecule has 0 fully saturated rings. The second-order valence-corrected chi connectivity index (χ2v) is 8.45. The van der Waals surface area contributed by atoms with Crippen LogP contribution in [0.3, 0.4) is 0 Å². The summed E-state index contributed by atoms with van der Waals surface area (Å²) in [7, 11) is 1.89. The molecule has 1 amide bonds. The van der Waals surface area contributed by atoms with Crippen molar-refractivity contribution in [3.05, 3.63) is 42.2 Å². The van der Waals surface area contributed by atoms with Crippen LogP contribution in [0.4, 0.5) is 5.82 Å². The van der Waals surface area contributed by atoms with Crippen LogP contribution in [-0.4, -0.2) is 35.0 Å². The Balaban J connectivity index is 1.97. The molecule has 26 heavy (non-hydrogen) atoms. The highest BCUT2D eigenvalue weighted by molar-refractivity contribution is 7.22. The monoisotopic (exact) mass is 368 g/mol. The van der Waals surface area contributed by atoms with Gasteiger partial charge in [0.15, 0.2) is 0 Å². The lowest BCUT2D eigenvalue weighted by atomic mass is 10.1. The normalized spacial score (nSPS) is 11.6. The van der Waals surface area contributed by atoms with Crippen molar-refractivity contribution in [1.29, 1.82) is 0 Å². The minimum atomic E-state index is -0.252. The Hall–Kier alpha value is -2.47. The first-order valence-corrected chi connectivity index (χ1v) is 9.39. The summed E-state index contributed by atoms with van der Waals surface area (Å²) in [6.45, 7) is 8.27. The smallest absolute Gasteiger partial charge is 0.239 e. The number of anilines is 1. The second-order valence-electron chi connectivity index (χ2n) is 7.45. The van der Waals surface area contributed by atoms with Crippen molar-refractivity contribution >= 4 is 33.3 Å². The van der Waals surface area contributed by atoms with Crippen LogP contribution < -0.4 is 10.2 Å². The Morgan fingerprint density at radius 1 is 1.19 bits per heavy atom. The molecular formula is C20H24N4OS. The molecule has 2 aromatic heterocycles. The molecule has 0 spiro atoms. The standard InChI is InChI=1S/C20H24N4OS/c1-13-16-18(24(5)11-15(25)23-20(2,3)4)21-12-22-19(16)26-17(13)14-9-7-6-8-10-14/h6-10,12H,11H2,1-5H3,(H,23,25). The highest BCUT2D eigenvalue weighted by Crippen LogP contribution is 2.40. The van der Waals surface area contributed by atoms with Gasteiger partial charge in [-0.05, 0) is 38.8 Å². The molecule has 0 aliphatic heterocycles. The van der Waals surface area contributed by atoms with Gasteiger partial charge in [-0.1, -0.05) is 30.3 Å². The molecule has 0 unspecified atom stereocenters. The first kappa shape index (κ1) is 18.3. The zero-order chi connectivity index (χ0) is 18.9. The van der Waals surface area contributed by atoms with Crippen LogP contribution in [0.5, 0.6) is 0 Å². The van der Waals surface area contributed by atoms with Crippen LogP contribution in [0.25, 0.3) is 20.7 Å². The highest BCUT2D eigenvalue weighted by Gasteiger charge is 2.20. The van der Waals surface area contributed by atoms with Crippen LogP contribution in [0.2, 0.25) is 0 Å². The highest BCUT2D eigenvalue weighted by atomic mass is 32.1. The van der Waals surface area contributed by atoms with Crippen LogP contribution in [0, 0.1) is 6.92 Å². The molecule has 2 heterocycles. The number of hydrogen-bond donors (Lipinski definition) is 1. The van der Waals surface area contributed by atoms with E-state index in [1.807, 2.05) is 50.9 Å². The largest absolute Gasteiger partial charge is 0.350 e. The number of carbonyl (C=O) groups is 1. The summed E-state index contributed by atoms with van der Waals surface area (Å²) < 4.78 is 0. The second kappa shape index (κ2) is 7.03. The summed E-state index contributed by atoms with van der Waals surface area (Å²) >= 11 is 1.66. The third-order valence-corrected chi connectivity index (χ3v) is 5.25. The molecule has 3 rings (SSSR count). The summed E-state index contributed by atoms with van der Waals surface area (Å²) in [5.41, 5.74) is 2.07. The van der Waals surface area contributed by atoms with Gasteiger partial charge in [-0.15, -0.1) is 11.3 Å². The number of hydrogen-bond acceptors (Lipinski definition) is 5. The molecule has 1 N–H and O–H groups in total. The number of rotatable bonds is 4. The van der Waals surface area contributed by atoms with Gasteiger partial charge in [0, 0.05) is 17.5 Å². The molecule has 3 aromatic rings. The van der Waals surface area contributed by atoms with Crippen LogP contribution in [-0.2, 0) is 4.79 Å². The minimum Gasteiger partial charge on any atom is -0.350 e. The Bertz CT molecular complexity index is 928. The van der Waals surface area contributed by atoms with Crippen molar-refractivity contribution in [1.82, 2.24) is 15.3 Å². The van der Waals surface area contributed by atoms with E-state index >= 15 is 0 Å². The fourth-order valence-corrected chi connectivity index (χ4v) is 4.10. The lowest BCUT2D eigenvalue weighted by Crippen LogP contribution is -2.45. The number of likely N-dealkylation sites (N-methyl/N-ethyl adjacent to an activating group) is 1. The van der Waals surface area contributed by atoms with Gasteiger partial charge in [0.1, 0.15) is 17.0 Å². The van der Waals surface area contributed by atoms with Crippen molar-refractivity contribution in [3.63, 3.8) is 0 Å². The maximum atomic E-state index is 12.3. The first-order valence-electron chi connectivity index (χ1n) is 8.58. The van der Waals surface area contributed by atoms with E-state index in [9.17, 15) is 4.79 Å². The number of benzene rings is 1. The van der Waals surface area contributed by atoms with Gasteiger partial charge in [-0.2, -0.15) is 0 Å². The van der Waals surface area contributed by atoms with Gasteiger partial charge in [0.25, 0.3) is 0 Å². The van der Waals surface area contributed by atoms with Gasteiger partial charge < -0.3 is 10.2 Å². The summed E-state index contributed by atoms with van der Waals surface area (Å²) in [6, 6.07) is 10.3. The predicted octanol–water partition coefficient (Wildman–Crippen LogP) is 4.02. The van der Waals surface area contributed by atoms with Crippen LogP contribution in [0.15, 0.2) is 36.7 Å². The Labute approximate surface area is 158 Å². The predicted molar refractivity (Wildman–Crippen MR) is 109 cm³/mol. The Morgan fingerprint density at radius 2 is 1.88 bits per heavy atom. The minimum absolute atomic E-state index is 0.0251. The molecule has 0 aliphatic carbocycles. The molecular weight excluding hydrogens is 344 g/mol. The van der Waals surface area contributed by atoms with E-state index in [4.69, 9.17) is 0 Å². The number of nitrogens with zero attached hydrogens (tertiary/aromatic N) is 3. The molecule has 1 aromatic carbocycles. The van der Waals surface area contributed by atoms with Crippen molar-refractivity contribution in [2.75, 3.05) is 18.5 Å². The molecule has 0 atom stereocenters. The molecule has 6 heteroatoms. The van der Waals surface area contributed by atoms with Crippen molar-refractivity contribution in [2.45, 2.75) is 33.2 Å². The molecule has 136 valence electrons. The number of aryl methyl sites for hydroxylation is 1. The maximum Gasteiger partial charge on any atom is 0.239 e. The number of thiophene rings is 1. The lowest BCUT2D eigenvalue weighted by Gasteiger charge is -2.24. The topological polar surface area (TPSA) is 58.1 Å². The van der Waals surface area contributed by atoms with E-state index in [2.05, 4.69) is 34.3 Å². The zero-order valence-corrected chi connectivity index (χ0v) is 16.6. The van der Waals surface area contributed by atoms with E-state index in [0.29, 0.717) is 0 Å². The Kier molecular flexibility index (Phi) is 4.96. The van der Waals surface area contributed by atoms with Crippen molar-refractivity contribution in [3.8, 4) is 10.4 Å². The zero-order valence-electron chi connectivity index (χ0n) is 15.8. The molecule has 0 aliphatic rings. The Morgan fingerprint density at radius 3 is 2.54 bits per heavy atom. The first-order chi connectivity index (χ1) is 12.3. The molecule has 0 saturated heterocycles.